The molecule has 7 nitrogen and oxygen atoms in total. The first-order chi connectivity index (χ1) is 12.1. The third-order valence-corrected chi connectivity index (χ3v) is 3.57. The molecule has 0 atom stereocenters. The van der Waals surface area contributed by atoms with Crippen LogP contribution in [0.1, 0.15) is 16.9 Å². The summed E-state index contributed by atoms with van der Waals surface area (Å²) in [6.45, 7) is 2.65. The first kappa shape index (κ1) is 18.4. The van der Waals surface area contributed by atoms with Crippen LogP contribution in [0.15, 0.2) is 41.0 Å². The number of carbonyl (C=O) groups is 2. The van der Waals surface area contributed by atoms with E-state index >= 15 is 0 Å². The molecule has 0 unspecified atom stereocenters. The van der Waals surface area contributed by atoms with Crippen LogP contribution in [0.5, 0.6) is 5.75 Å². The minimum atomic E-state index is -0.389. The molecular weight excluding hydrogens is 322 g/mol. The fourth-order valence-corrected chi connectivity index (χ4v) is 2.30. The van der Waals surface area contributed by atoms with E-state index in [0.29, 0.717) is 25.3 Å². The summed E-state index contributed by atoms with van der Waals surface area (Å²) < 4.78 is 10.4. The summed E-state index contributed by atoms with van der Waals surface area (Å²) in [6.07, 6.45) is 2.18. The number of urea groups is 1. The molecule has 0 fully saturated rings. The minimum absolute atomic E-state index is 0.0969. The molecular formula is C18H23N3O4. The van der Waals surface area contributed by atoms with Crippen molar-refractivity contribution in [3.8, 4) is 5.75 Å². The second-order valence-electron chi connectivity index (χ2n) is 5.53. The number of ether oxygens (including phenoxy) is 1. The topological polar surface area (TPSA) is 92.6 Å². The summed E-state index contributed by atoms with van der Waals surface area (Å²) in [5.41, 5.74) is 2.16. The van der Waals surface area contributed by atoms with E-state index in [4.69, 9.17) is 9.15 Å². The van der Waals surface area contributed by atoms with Gasteiger partial charge in [-0.2, -0.15) is 0 Å². The maximum absolute atomic E-state index is 11.7. The Morgan fingerprint density at radius 3 is 2.72 bits per heavy atom. The number of hydrogen-bond acceptors (Lipinski definition) is 4. The van der Waals surface area contributed by atoms with Crippen molar-refractivity contribution in [3.63, 3.8) is 0 Å². The standard InChI is InChI=1S/C18H23N3O4/c1-13-5-6-16(24-2)14(10-13)7-8-19-18(23)21-12-17(22)20-11-15-4-3-9-25-15/h3-6,9-10H,7-8,11-12H2,1-2H3,(H,20,22)(H2,19,21,23). The quantitative estimate of drug-likeness (QED) is 0.680. The smallest absolute Gasteiger partial charge is 0.315 e. The van der Waals surface area contributed by atoms with Crippen LogP contribution in [0.4, 0.5) is 4.79 Å². The van der Waals surface area contributed by atoms with Gasteiger partial charge >= 0.3 is 6.03 Å². The molecule has 1 aromatic heterocycles. The van der Waals surface area contributed by atoms with Crippen LogP contribution in [0.25, 0.3) is 0 Å². The molecule has 1 aromatic carbocycles. The van der Waals surface area contributed by atoms with E-state index in [1.807, 2.05) is 25.1 Å². The van der Waals surface area contributed by atoms with Crippen LogP contribution in [0, 0.1) is 6.92 Å². The second kappa shape index (κ2) is 9.36. The number of carbonyl (C=O) groups excluding carboxylic acids is 2. The van der Waals surface area contributed by atoms with Gasteiger partial charge in [0.1, 0.15) is 11.5 Å². The van der Waals surface area contributed by atoms with E-state index in [-0.39, 0.29) is 18.5 Å². The van der Waals surface area contributed by atoms with Crippen LogP contribution in [-0.2, 0) is 17.8 Å². The van der Waals surface area contributed by atoms with Crippen molar-refractivity contribution < 1.29 is 18.7 Å². The van der Waals surface area contributed by atoms with Gasteiger partial charge in [0.25, 0.3) is 0 Å². The van der Waals surface area contributed by atoms with Crippen molar-refractivity contribution in [3.05, 3.63) is 53.5 Å². The lowest BCUT2D eigenvalue weighted by Gasteiger charge is -2.11. The van der Waals surface area contributed by atoms with Gasteiger partial charge in [-0.25, -0.2) is 4.79 Å². The van der Waals surface area contributed by atoms with Crippen molar-refractivity contribution in [2.75, 3.05) is 20.2 Å². The maximum Gasteiger partial charge on any atom is 0.315 e. The zero-order valence-electron chi connectivity index (χ0n) is 14.4. The highest BCUT2D eigenvalue weighted by Gasteiger charge is 2.07. The highest BCUT2D eigenvalue weighted by atomic mass is 16.5. The van der Waals surface area contributed by atoms with Crippen LogP contribution in [0.2, 0.25) is 0 Å². The van der Waals surface area contributed by atoms with Gasteiger partial charge in [0.15, 0.2) is 0 Å². The van der Waals surface area contributed by atoms with Gasteiger partial charge in [-0.3, -0.25) is 4.79 Å². The van der Waals surface area contributed by atoms with Gasteiger partial charge < -0.3 is 25.1 Å². The Hall–Kier alpha value is -2.96. The van der Waals surface area contributed by atoms with E-state index in [1.165, 1.54) is 6.26 Å². The van der Waals surface area contributed by atoms with E-state index < -0.39 is 0 Å². The Morgan fingerprint density at radius 1 is 1.16 bits per heavy atom. The van der Waals surface area contributed by atoms with Crippen molar-refractivity contribution in [2.45, 2.75) is 19.9 Å². The molecule has 0 aliphatic rings. The normalized spacial score (nSPS) is 10.2. The lowest BCUT2D eigenvalue weighted by molar-refractivity contribution is -0.120. The lowest BCUT2D eigenvalue weighted by atomic mass is 10.1. The monoisotopic (exact) mass is 345 g/mol. The number of furan rings is 1. The van der Waals surface area contributed by atoms with Crippen molar-refractivity contribution in [1.29, 1.82) is 0 Å². The number of benzene rings is 1. The summed E-state index contributed by atoms with van der Waals surface area (Å²) in [6, 6.07) is 9.04. The molecule has 2 aromatic rings. The molecule has 0 aliphatic heterocycles. The Labute approximate surface area is 146 Å². The summed E-state index contributed by atoms with van der Waals surface area (Å²) in [7, 11) is 1.62. The van der Waals surface area contributed by atoms with Crippen LogP contribution in [-0.4, -0.2) is 32.1 Å². The largest absolute Gasteiger partial charge is 0.496 e. The molecule has 0 radical (unpaired) electrons. The maximum atomic E-state index is 11.7. The van der Waals surface area contributed by atoms with Gasteiger partial charge in [-0.05, 0) is 37.1 Å². The average Bonchev–Trinajstić information content (AvgIpc) is 3.12. The molecule has 25 heavy (non-hydrogen) atoms. The Morgan fingerprint density at radius 2 is 2.00 bits per heavy atom. The van der Waals surface area contributed by atoms with Gasteiger partial charge in [-0.1, -0.05) is 17.7 Å². The fraction of sp³-hybridized carbons (Fsp3) is 0.333. The van der Waals surface area contributed by atoms with E-state index in [9.17, 15) is 9.59 Å². The molecule has 2 rings (SSSR count). The number of amides is 3. The fourth-order valence-electron chi connectivity index (χ4n) is 2.30. The summed E-state index contributed by atoms with van der Waals surface area (Å²) >= 11 is 0. The highest BCUT2D eigenvalue weighted by Crippen LogP contribution is 2.19. The zero-order chi connectivity index (χ0) is 18.1. The SMILES string of the molecule is COc1ccc(C)cc1CCNC(=O)NCC(=O)NCc1ccco1. The molecule has 0 spiro atoms. The first-order valence-corrected chi connectivity index (χ1v) is 8.03. The molecule has 0 saturated carbocycles. The molecule has 0 aliphatic carbocycles. The Kier molecular flexibility index (Phi) is 6.88. The van der Waals surface area contributed by atoms with Crippen molar-refractivity contribution in [2.24, 2.45) is 0 Å². The van der Waals surface area contributed by atoms with Gasteiger partial charge in [-0.15, -0.1) is 0 Å². The molecule has 7 heteroatoms. The van der Waals surface area contributed by atoms with E-state index in [2.05, 4.69) is 16.0 Å². The average molecular weight is 345 g/mol. The lowest BCUT2D eigenvalue weighted by Crippen LogP contribution is -2.42. The van der Waals surface area contributed by atoms with E-state index in [1.54, 1.807) is 19.2 Å². The summed E-state index contributed by atoms with van der Waals surface area (Å²) in [5, 5.41) is 7.89. The van der Waals surface area contributed by atoms with Gasteiger partial charge in [0.2, 0.25) is 5.91 Å². The molecule has 0 saturated heterocycles. The number of nitrogens with one attached hydrogen (secondary N) is 3. The Balaban J connectivity index is 1.65. The van der Waals surface area contributed by atoms with Gasteiger partial charge in [0.05, 0.1) is 26.5 Å². The van der Waals surface area contributed by atoms with Crippen LogP contribution < -0.4 is 20.7 Å². The van der Waals surface area contributed by atoms with Gasteiger partial charge in [0, 0.05) is 6.54 Å². The van der Waals surface area contributed by atoms with Crippen LogP contribution >= 0.6 is 0 Å². The zero-order valence-corrected chi connectivity index (χ0v) is 14.4. The van der Waals surface area contributed by atoms with Crippen LogP contribution in [0.3, 0.4) is 0 Å². The molecule has 3 N–H and O–H groups in total. The second-order valence-corrected chi connectivity index (χ2v) is 5.53. The third kappa shape index (κ3) is 6.21. The number of aryl methyl sites for hydroxylation is 1. The number of rotatable bonds is 8. The van der Waals surface area contributed by atoms with Crippen molar-refractivity contribution >= 4 is 11.9 Å². The first-order valence-electron chi connectivity index (χ1n) is 8.03. The molecule has 3 amide bonds. The summed E-state index contributed by atoms with van der Waals surface area (Å²) in [5.74, 6) is 1.17. The highest BCUT2D eigenvalue weighted by molar-refractivity contribution is 5.83. The Bertz CT molecular complexity index is 698. The molecule has 0 bridgehead atoms. The minimum Gasteiger partial charge on any atom is -0.496 e. The predicted molar refractivity (Wildman–Crippen MR) is 93.4 cm³/mol. The number of hydrogen-bond donors (Lipinski definition) is 3. The van der Waals surface area contributed by atoms with E-state index in [0.717, 1.165) is 16.9 Å². The van der Waals surface area contributed by atoms with Crippen molar-refractivity contribution in [1.82, 2.24) is 16.0 Å². The molecule has 1 heterocycles. The predicted octanol–water partition coefficient (Wildman–Crippen LogP) is 1.75. The number of methoxy groups -OCH3 is 1. The summed E-state index contributed by atoms with van der Waals surface area (Å²) in [4.78, 5) is 23.4. The molecule has 134 valence electrons. The third-order valence-electron chi connectivity index (χ3n) is 3.57.